The number of para-hydroxylation sites is 1. The third-order valence-corrected chi connectivity index (χ3v) is 10.4. The van der Waals surface area contributed by atoms with E-state index in [4.69, 9.17) is 9.47 Å². The van der Waals surface area contributed by atoms with Crippen molar-refractivity contribution in [2.45, 2.75) is 76.6 Å². The van der Waals surface area contributed by atoms with E-state index in [-0.39, 0.29) is 16.7 Å². The second-order valence-electron chi connectivity index (χ2n) is 14.6. The number of hydrogen-bond donors (Lipinski definition) is 1. The van der Waals surface area contributed by atoms with Gasteiger partial charge in [0.15, 0.2) is 0 Å². The monoisotopic (exact) mass is 691 g/mol. The van der Waals surface area contributed by atoms with Crippen molar-refractivity contribution in [3.63, 3.8) is 0 Å². The molecule has 0 bridgehead atoms. The molecule has 1 atom stereocenters. The molecule has 0 unspecified atom stereocenters. The number of carbonyl (C=O) groups excluding carboxylic acids is 1. The molecule has 50 heavy (non-hydrogen) atoms. The van der Waals surface area contributed by atoms with Crippen LogP contribution in [0.25, 0.3) is 22.2 Å². The number of ether oxygens (including phenoxy) is 2. The number of nitrogens with zero attached hydrogens (tertiary/aromatic N) is 3. The van der Waals surface area contributed by atoms with Crippen LogP contribution in [0, 0.1) is 5.41 Å². The Balaban J connectivity index is 1.37. The normalized spacial score (nSPS) is 14.5. The van der Waals surface area contributed by atoms with E-state index in [1.165, 1.54) is 0 Å². The zero-order valence-corrected chi connectivity index (χ0v) is 30.6. The molecule has 0 fully saturated rings. The third-order valence-electron chi connectivity index (χ3n) is 9.10. The smallest absolute Gasteiger partial charge is 0.309 e. The van der Waals surface area contributed by atoms with Crippen LogP contribution in [0.15, 0.2) is 90.0 Å². The number of carboxylic acid groups (broad SMARTS) is 1. The van der Waals surface area contributed by atoms with Gasteiger partial charge in [-0.15, -0.1) is 11.8 Å². The van der Waals surface area contributed by atoms with Gasteiger partial charge in [-0.3, -0.25) is 14.6 Å². The Hall–Kier alpha value is -4.76. The number of carbonyl (C=O) groups is 2. The summed E-state index contributed by atoms with van der Waals surface area (Å²) in [5.74, 6) is 0.583. The molecule has 9 heteroatoms. The Morgan fingerprint density at radius 1 is 0.960 bits per heavy atom. The highest BCUT2D eigenvalue weighted by Gasteiger charge is 2.34. The molecule has 0 saturated carbocycles. The fraction of sp³-hybridized carbons (Fsp3) is 0.341. The number of pyridine rings is 1. The van der Waals surface area contributed by atoms with Crippen molar-refractivity contribution in [2.75, 3.05) is 18.6 Å². The number of fused-ring (bicyclic) bond motifs is 2. The molecule has 5 aromatic rings. The molecule has 0 saturated heterocycles. The van der Waals surface area contributed by atoms with Gasteiger partial charge in [-0.25, -0.2) is 0 Å². The summed E-state index contributed by atoms with van der Waals surface area (Å²) in [6.45, 7) is 12.6. The zero-order valence-electron chi connectivity index (χ0n) is 29.8. The molecule has 0 radical (unpaired) electrons. The summed E-state index contributed by atoms with van der Waals surface area (Å²) in [6, 6.07) is 26.3. The Labute approximate surface area is 298 Å². The van der Waals surface area contributed by atoms with Gasteiger partial charge in [-0.2, -0.15) is 0 Å². The first-order valence-corrected chi connectivity index (χ1v) is 17.7. The molecule has 3 aromatic carbocycles. The first-order chi connectivity index (χ1) is 23.7. The number of carboxylic acids is 1. The Kier molecular flexibility index (Phi) is 9.73. The molecule has 260 valence electrons. The van der Waals surface area contributed by atoms with E-state index >= 15 is 0 Å². The fourth-order valence-corrected chi connectivity index (χ4v) is 7.75. The van der Waals surface area contributed by atoms with Gasteiger partial charge >= 0.3 is 5.97 Å². The maximum atomic E-state index is 12.7. The van der Waals surface area contributed by atoms with Crippen LogP contribution in [0.3, 0.4) is 0 Å². The Morgan fingerprint density at radius 2 is 1.68 bits per heavy atom. The minimum absolute atomic E-state index is 0.000996. The van der Waals surface area contributed by atoms with E-state index in [1.54, 1.807) is 45.8 Å². The van der Waals surface area contributed by atoms with Gasteiger partial charge in [0.1, 0.15) is 18.1 Å². The van der Waals surface area contributed by atoms with E-state index in [9.17, 15) is 14.7 Å². The highest BCUT2D eigenvalue weighted by molar-refractivity contribution is 8.00. The second kappa shape index (κ2) is 13.9. The summed E-state index contributed by atoms with van der Waals surface area (Å²) in [7, 11) is 1.63. The number of methoxy groups -OCH3 is 1. The number of rotatable bonds is 11. The molecule has 1 N–H and O–H groups in total. The lowest BCUT2D eigenvalue weighted by Crippen LogP contribution is -2.40. The topological polar surface area (TPSA) is 93.9 Å². The number of aliphatic carboxylic acids is 1. The molecule has 0 spiro atoms. The van der Waals surface area contributed by atoms with Crippen molar-refractivity contribution < 1.29 is 24.2 Å². The predicted octanol–water partition coefficient (Wildman–Crippen LogP) is 8.66. The van der Waals surface area contributed by atoms with E-state index in [0.29, 0.717) is 31.1 Å². The highest BCUT2D eigenvalue weighted by atomic mass is 32.2. The fourth-order valence-electron chi connectivity index (χ4n) is 6.56. The standard InChI is InChI=1S/C41H45N3O5S/c1-26(45)44-30(20-29-10-8-9-11-35(29)44)25-49-31-17-19-36-33(21-31)38(50-40(2,3)4)37(22-41(5,6)39(46)47)43(36)24-27-12-14-28(15-13-27)34-18-16-32(48-7)23-42-34/h8-19,21,23,30H,20,22,24-25H2,1-7H3,(H,46,47)/t30-/m0/s1. The summed E-state index contributed by atoms with van der Waals surface area (Å²) in [4.78, 5) is 32.6. The number of benzene rings is 3. The number of thioether (sulfide) groups is 1. The van der Waals surface area contributed by atoms with E-state index in [0.717, 1.165) is 56.0 Å². The maximum absolute atomic E-state index is 12.7. The Morgan fingerprint density at radius 3 is 2.32 bits per heavy atom. The average molecular weight is 692 g/mol. The number of amides is 1. The molecule has 2 aromatic heterocycles. The molecule has 1 amide bonds. The van der Waals surface area contributed by atoms with Gasteiger partial charge in [-0.05, 0) is 67.8 Å². The molecule has 6 rings (SSSR count). The minimum atomic E-state index is -0.990. The van der Waals surface area contributed by atoms with Crippen molar-refractivity contribution in [1.82, 2.24) is 9.55 Å². The lowest BCUT2D eigenvalue weighted by atomic mass is 9.88. The van der Waals surface area contributed by atoms with Gasteiger partial charge in [-0.1, -0.05) is 63.2 Å². The number of aromatic nitrogens is 2. The average Bonchev–Trinajstić information content (AvgIpc) is 3.58. The zero-order chi connectivity index (χ0) is 35.8. The summed E-state index contributed by atoms with van der Waals surface area (Å²) in [6.07, 6.45) is 2.80. The summed E-state index contributed by atoms with van der Waals surface area (Å²) < 4.78 is 13.8. The van der Waals surface area contributed by atoms with Crippen LogP contribution < -0.4 is 14.4 Å². The van der Waals surface area contributed by atoms with E-state index < -0.39 is 11.4 Å². The predicted molar refractivity (Wildman–Crippen MR) is 201 cm³/mol. The summed E-state index contributed by atoms with van der Waals surface area (Å²) in [5.41, 5.74) is 6.05. The lowest BCUT2D eigenvalue weighted by molar-refractivity contribution is -0.146. The van der Waals surface area contributed by atoms with Gasteiger partial charge in [0, 0.05) is 57.4 Å². The van der Waals surface area contributed by atoms with Crippen LogP contribution in [-0.4, -0.2) is 51.0 Å². The van der Waals surface area contributed by atoms with Crippen LogP contribution in [0.5, 0.6) is 11.5 Å². The molecule has 8 nitrogen and oxygen atoms in total. The van der Waals surface area contributed by atoms with Crippen LogP contribution in [0.1, 0.15) is 58.4 Å². The number of hydrogen-bond acceptors (Lipinski definition) is 6. The second-order valence-corrected chi connectivity index (χ2v) is 16.4. The van der Waals surface area contributed by atoms with Crippen molar-refractivity contribution in [3.05, 3.63) is 102 Å². The maximum Gasteiger partial charge on any atom is 0.309 e. The molecular weight excluding hydrogens is 647 g/mol. The highest BCUT2D eigenvalue weighted by Crippen LogP contribution is 2.44. The van der Waals surface area contributed by atoms with Crippen molar-refractivity contribution >= 4 is 40.2 Å². The largest absolute Gasteiger partial charge is 0.495 e. The molecular formula is C41H45N3O5S. The minimum Gasteiger partial charge on any atom is -0.495 e. The van der Waals surface area contributed by atoms with Gasteiger partial charge in [0.25, 0.3) is 0 Å². The van der Waals surface area contributed by atoms with Crippen LogP contribution in [0.4, 0.5) is 5.69 Å². The molecule has 3 heterocycles. The van der Waals surface area contributed by atoms with Gasteiger partial charge in [0.2, 0.25) is 5.91 Å². The molecule has 1 aliphatic rings. The van der Waals surface area contributed by atoms with Crippen molar-refractivity contribution in [3.8, 4) is 22.8 Å². The molecule has 1 aliphatic heterocycles. The van der Waals surface area contributed by atoms with Crippen LogP contribution in [0.2, 0.25) is 0 Å². The molecule has 0 aliphatic carbocycles. The summed E-state index contributed by atoms with van der Waals surface area (Å²) in [5, 5.41) is 11.2. The third kappa shape index (κ3) is 7.38. The van der Waals surface area contributed by atoms with Gasteiger partial charge in [0.05, 0.1) is 30.5 Å². The van der Waals surface area contributed by atoms with Crippen LogP contribution >= 0.6 is 11.8 Å². The van der Waals surface area contributed by atoms with Crippen molar-refractivity contribution in [2.24, 2.45) is 5.41 Å². The van der Waals surface area contributed by atoms with E-state index in [2.05, 4.69) is 72.8 Å². The lowest BCUT2D eigenvalue weighted by Gasteiger charge is -2.24. The first-order valence-electron chi connectivity index (χ1n) is 16.9. The summed E-state index contributed by atoms with van der Waals surface area (Å²) >= 11 is 1.75. The SMILES string of the molecule is COc1ccc(-c2ccc(Cn3c(CC(C)(C)C(=O)O)c(SC(C)(C)C)c4cc(OC[C@@H]5Cc6ccccc6N5C(C)=O)ccc43)cc2)nc1. The first kappa shape index (κ1) is 35.1. The van der Waals surface area contributed by atoms with E-state index in [1.807, 2.05) is 41.3 Å². The van der Waals surface area contributed by atoms with Crippen molar-refractivity contribution in [1.29, 1.82) is 0 Å². The Bertz CT molecular complexity index is 2030. The van der Waals surface area contributed by atoms with Gasteiger partial charge < -0.3 is 24.0 Å². The number of anilines is 1. The van der Waals surface area contributed by atoms with Crippen LogP contribution in [-0.2, 0) is 29.0 Å². The quantitative estimate of drug-likeness (QED) is 0.139.